The van der Waals surface area contributed by atoms with E-state index < -0.39 is 0 Å². The largest absolute Gasteiger partial charge is 0.490 e. The van der Waals surface area contributed by atoms with Crippen molar-refractivity contribution in [3.05, 3.63) is 76.3 Å². The molecule has 0 bridgehead atoms. The van der Waals surface area contributed by atoms with Crippen LogP contribution in [0.3, 0.4) is 0 Å². The van der Waals surface area contributed by atoms with Gasteiger partial charge in [0.15, 0.2) is 11.5 Å². The summed E-state index contributed by atoms with van der Waals surface area (Å²) in [6.07, 6.45) is 3.87. The summed E-state index contributed by atoms with van der Waals surface area (Å²) in [5.74, 6) is 0.803. The van der Waals surface area contributed by atoms with Crippen molar-refractivity contribution in [2.45, 2.75) is 20.0 Å². The van der Waals surface area contributed by atoms with Gasteiger partial charge in [0.2, 0.25) is 0 Å². The quantitative estimate of drug-likeness (QED) is 0.321. The standard InChI is InChI=1S/C24H25ClN2O3/c1-5-7-19-12-18(13-20(15-26)24(28)27(3)4)14-22(29-6-2)23(19)30-16-17-8-10-21(25)11-9-17/h5,8-14H,1,6-7,16H2,2-4H3/b20-13-. The molecule has 0 aliphatic carbocycles. The Bertz CT molecular complexity index is 973. The van der Waals surface area contributed by atoms with E-state index in [2.05, 4.69) is 6.58 Å². The van der Waals surface area contributed by atoms with Gasteiger partial charge >= 0.3 is 0 Å². The van der Waals surface area contributed by atoms with Crippen LogP contribution < -0.4 is 9.47 Å². The number of allylic oxidation sites excluding steroid dienone is 1. The Labute approximate surface area is 182 Å². The number of rotatable bonds is 9. The highest BCUT2D eigenvalue weighted by molar-refractivity contribution is 6.30. The van der Waals surface area contributed by atoms with Gasteiger partial charge in [0.25, 0.3) is 5.91 Å². The molecule has 0 radical (unpaired) electrons. The van der Waals surface area contributed by atoms with Crippen LogP contribution in [0.15, 0.2) is 54.6 Å². The molecule has 0 aliphatic heterocycles. The lowest BCUT2D eigenvalue weighted by atomic mass is 10.0. The minimum atomic E-state index is -0.358. The van der Waals surface area contributed by atoms with Crippen molar-refractivity contribution >= 4 is 23.6 Å². The molecule has 0 aromatic heterocycles. The molecule has 0 unspecified atom stereocenters. The van der Waals surface area contributed by atoms with E-state index in [0.717, 1.165) is 11.1 Å². The zero-order valence-electron chi connectivity index (χ0n) is 17.4. The molecule has 6 heteroatoms. The van der Waals surface area contributed by atoms with Crippen LogP contribution in [0.25, 0.3) is 6.08 Å². The summed E-state index contributed by atoms with van der Waals surface area (Å²) in [4.78, 5) is 13.6. The first kappa shape index (κ1) is 23.1. The van der Waals surface area contributed by atoms with E-state index >= 15 is 0 Å². The maximum Gasteiger partial charge on any atom is 0.264 e. The second kappa shape index (κ2) is 11.1. The van der Waals surface area contributed by atoms with Crippen molar-refractivity contribution in [1.82, 2.24) is 4.90 Å². The van der Waals surface area contributed by atoms with Crippen LogP contribution in [-0.2, 0) is 17.8 Å². The normalized spacial score (nSPS) is 10.8. The Morgan fingerprint density at radius 3 is 2.50 bits per heavy atom. The topological polar surface area (TPSA) is 62.6 Å². The van der Waals surface area contributed by atoms with E-state index in [9.17, 15) is 10.1 Å². The van der Waals surface area contributed by atoms with E-state index in [0.29, 0.717) is 41.7 Å². The predicted molar refractivity (Wildman–Crippen MR) is 120 cm³/mol. The lowest BCUT2D eigenvalue weighted by Crippen LogP contribution is -2.22. The molecular weight excluding hydrogens is 400 g/mol. The number of nitriles is 1. The Kier molecular flexibility index (Phi) is 8.52. The molecule has 5 nitrogen and oxygen atoms in total. The average Bonchev–Trinajstić information content (AvgIpc) is 2.72. The molecule has 0 N–H and O–H groups in total. The van der Waals surface area contributed by atoms with Crippen molar-refractivity contribution in [3.63, 3.8) is 0 Å². The summed E-state index contributed by atoms with van der Waals surface area (Å²) in [5.41, 5.74) is 2.55. The number of likely N-dealkylation sites (N-methyl/N-ethyl adjacent to an activating group) is 1. The molecule has 1 amide bonds. The van der Waals surface area contributed by atoms with Crippen LogP contribution in [-0.4, -0.2) is 31.5 Å². The van der Waals surface area contributed by atoms with Gasteiger partial charge in [0, 0.05) is 24.7 Å². The van der Waals surface area contributed by atoms with E-state index in [-0.39, 0.29) is 11.5 Å². The van der Waals surface area contributed by atoms with Gasteiger partial charge in [-0.15, -0.1) is 6.58 Å². The van der Waals surface area contributed by atoms with Gasteiger partial charge in [-0.2, -0.15) is 5.26 Å². The molecule has 0 fully saturated rings. The number of hydrogen-bond donors (Lipinski definition) is 0. The maximum absolute atomic E-state index is 12.2. The van der Waals surface area contributed by atoms with Gasteiger partial charge in [-0.1, -0.05) is 29.8 Å². The maximum atomic E-state index is 12.2. The molecule has 2 aromatic rings. The molecule has 0 saturated heterocycles. The number of halogens is 1. The van der Waals surface area contributed by atoms with Gasteiger partial charge in [0.05, 0.1) is 6.61 Å². The SMILES string of the molecule is C=CCc1cc(/C=C(/C#N)C(=O)N(C)C)cc(OCC)c1OCc1ccc(Cl)cc1. The summed E-state index contributed by atoms with van der Waals surface area (Å²) in [7, 11) is 3.21. The van der Waals surface area contributed by atoms with Crippen LogP contribution in [0.1, 0.15) is 23.6 Å². The average molecular weight is 425 g/mol. The molecular formula is C24H25ClN2O3. The Morgan fingerprint density at radius 2 is 1.93 bits per heavy atom. The molecule has 0 spiro atoms. The zero-order chi connectivity index (χ0) is 22.1. The third kappa shape index (κ3) is 6.13. The highest BCUT2D eigenvalue weighted by Gasteiger charge is 2.16. The van der Waals surface area contributed by atoms with Crippen LogP contribution >= 0.6 is 11.6 Å². The Morgan fingerprint density at radius 1 is 1.23 bits per heavy atom. The van der Waals surface area contributed by atoms with Gasteiger partial charge in [-0.05, 0) is 54.8 Å². The van der Waals surface area contributed by atoms with Gasteiger partial charge in [0.1, 0.15) is 18.2 Å². The third-order valence-corrected chi connectivity index (χ3v) is 4.43. The van der Waals surface area contributed by atoms with Gasteiger partial charge in [-0.3, -0.25) is 4.79 Å². The van der Waals surface area contributed by atoms with E-state index in [1.807, 2.05) is 43.3 Å². The number of hydrogen-bond acceptors (Lipinski definition) is 4. The zero-order valence-corrected chi connectivity index (χ0v) is 18.2. The van der Waals surface area contributed by atoms with Gasteiger partial charge < -0.3 is 14.4 Å². The highest BCUT2D eigenvalue weighted by Crippen LogP contribution is 2.35. The molecule has 0 saturated carbocycles. The first-order valence-electron chi connectivity index (χ1n) is 9.50. The monoisotopic (exact) mass is 424 g/mol. The Balaban J connectivity index is 2.45. The van der Waals surface area contributed by atoms with Gasteiger partial charge in [-0.25, -0.2) is 0 Å². The molecule has 2 rings (SSSR count). The minimum absolute atomic E-state index is 0.0434. The second-order valence-electron chi connectivity index (χ2n) is 6.72. The fourth-order valence-electron chi connectivity index (χ4n) is 2.79. The van der Waals surface area contributed by atoms with E-state index in [1.54, 1.807) is 32.3 Å². The van der Waals surface area contributed by atoms with Crippen LogP contribution in [0.4, 0.5) is 0 Å². The molecule has 0 aliphatic rings. The van der Waals surface area contributed by atoms with E-state index in [4.69, 9.17) is 21.1 Å². The summed E-state index contributed by atoms with van der Waals surface area (Å²) >= 11 is 5.95. The van der Waals surface area contributed by atoms with Crippen molar-refractivity contribution < 1.29 is 14.3 Å². The molecule has 0 atom stereocenters. The van der Waals surface area contributed by atoms with Crippen LogP contribution in [0, 0.1) is 11.3 Å². The number of benzene rings is 2. The minimum Gasteiger partial charge on any atom is -0.490 e. The highest BCUT2D eigenvalue weighted by atomic mass is 35.5. The van der Waals surface area contributed by atoms with Crippen LogP contribution in [0.2, 0.25) is 5.02 Å². The van der Waals surface area contributed by atoms with Crippen molar-refractivity contribution in [2.24, 2.45) is 0 Å². The fraction of sp³-hybridized carbons (Fsp3) is 0.250. The lowest BCUT2D eigenvalue weighted by Gasteiger charge is -2.17. The van der Waals surface area contributed by atoms with Crippen molar-refractivity contribution in [1.29, 1.82) is 5.26 Å². The smallest absolute Gasteiger partial charge is 0.264 e. The summed E-state index contributed by atoms with van der Waals surface area (Å²) in [5, 5.41) is 10.1. The fourth-order valence-corrected chi connectivity index (χ4v) is 2.91. The molecule has 156 valence electrons. The van der Waals surface area contributed by atoms with E-state index in [1.165, 1.54) is 4.90 Å². The number of carbonyl (C=O) groups excluding carboxylic acids is 1. The number of amides is 1. The third-order valence-electron chi connectivity index (χ3n) is 4.18. The van der Waals surface area contributed by atoms with Crippen LogP contribution in [0.5, 0.6) is 11.5 Å². The number of carbonyl (C=O) groups is 1. The van der Waals surface area contributed by atoms with Crippen molar-refractivity contribution in [3.8, 4) is 17.6 Å². The Hall–Kier alpha value is -3.23. The first-order chi connectivity index (χ1) is 14.4. The lowest BCUT2D eigenvalue weighted by molar-refractivity contribution is -0.124. The summed E-state index contributed by atoms with van der Waals surface area (Å²) in [6.45, 7) is 6.49. The molecule has 2 aromatic carbocycles. The summed E-state index contributed by atoms with van der Waals surface area (Å²) < 4.78 is 11.9. The summed E-state index contributed by atoms with van der Waals surface area (Å²) in [6, 6.07) is 13.0. The predicted octanol–water partition coefficient (Wildman–Crippen LogP) is 5.04. The van der Waals surface area contributed by atoms with Crippen molar-refractivity contribution in [2.75, 3.05) is 20.7 Å². The molecule has 30 heavy (non-hydrogen) atoms. The molecule has 0 heterocycles. The first-order valence-corrected chi connectivity index (χ1v) is 9.88. The number of nitrogens with zero attached hydrogens (tertiary/aromatic N) is 2. The number of ether oxygens (including phenoxy) is 2. The second-order valence-corrected chi connectivity index (χ2v) is 7.15.